The molecule has 4 nitrogen and oxygen atoms in total. The number of piperazine rings is 1. The van der Waals surface area contributed by atoms with Crippen LogP contribution in [0, 0.1) is 0 Å². The van der Waals surface area contributed by atoms with E-state index in [0.29, 0.717) is 12.1 Å². The molecule has 1 aliphatic heterocycles. The summed E-state index contributed by atoms with van der Waals surface area (Å²) >= 11 is 0. The van der Waals surface area contributed by atoms with Gasteiger partial charge >= 0.3 is 0 Å². The number of ether oxygens (including phenoxy) is 1. The summed E-state index contributed by atoms with van der Waals surface area (Å²) in [5.74, 6) is 0. The summed E-state index contributed by atoms with van der Waals surface area (Å²) in [6.45, 7) is 9.24. The van der Waals surface area contributed by atoms with Crippen molar-refractivity contribution in [2.75, 3.05) is 33.3 Å². The maximum Gasteiger partial charge on any atom is 0.0737 e. The highest BCUT2D eigenvalue weighted by atomic mass is 16.5. The van der Waals surface area contributed by atoms with E-state index < -0.39 is 0 Å². The second-order valence-corrected chi connectivity index (χ2v) is 6.02. The molecule has 18 heavy (non-hydrogen) atoms. The first-order chi connectivity index (χ1) is 8.63. The Hall–Kier alpha value is -0.160. The molecule has 0 amide bonds. The molecule has 0 aromatic heterocycles. The average Bonchev–Trinajstić information content (AvgIpc) is 2.39. The predicted molar refractivity (Wildman–Crippen MR) is 74.7 cm³/mol. The van der Waals surface area contributed by atoms with E-state index >= 15 is 0 Å². The Balaban J connectivity index is 1.88. The van der Waals surface area contributed by atoms with Gasteiger partial charge in [0, 0.05) is 51.4 Å². The molecule has 1 aliphatic carbocycles. The lowest BCUT2D eigenvalue weighted by molar-refractivity contribution is -0.00839. The van der Waals surface area contributed by atoms with Crippen LogP contribution in [0.5, 0.6) is 0 Å². The highest BCUT2D eigenvalue weighted by molar-refractivity contribution is 4.93. The fraction of sp³-hybridized carbons (Fsp3) is 1.00. The van der Waals surface area contributed by atoms with Gasteiger partial charge in [-0.2, -0.15) is 0 Å². The molecule has 1 heterocycles. The summed E-state index contributed by atoms with van der Waals surface area (Å²) in [4.78, 5) is 5.15. The Morgan fingerprint density at radius 2 is 1.78 bits per heavy atom. The minimum absolute atomic E-state index is 0.189. The number of hydrogen-bond donors (Lipinski definition) is 1. The van der Waals surface area contributed by atoms with Crippen LogP contribution < -0.4 is 5.73 Å². The van der Waals surface area contributed by atoms with E-state index in [4.69, 9.17) is 10.5 Å². The summed E-state index contributed by atoms with van der Waals surface area (Å²) in [5.41, 5.74) is 6.38. The largest absolute Gasteiger partial charge is 0.380 e. The van der Waals surface area contributed by atoms with Crippen molar-refractivity contribution in [2.24, 2.45) is 5.73 Å². The first-order valence-corrected chi connectivity index (χ1v) is 7.40. The molecule has 1 saturated carbocycles. The van der Waals surface area contributed by atoms with Gasteiger partial charge in [0.1, 0.15) is 0 Å². The lowest BCUT2D eigenvalue weighted by atomic mass is 9.87. The maximum atomic E-state index is 6.38. The van der Waals surface area contributed by atoms with E-state index in [1.165, 1.54) is 25.9 Å². The Bertz CT molecular complexity index is 251. The van der Waals surface area contributed by atoms with Crippen LogP contribution in [-0.2, 0) is 4.74 Å². The molecule has 2 fully saturated rings. The van der Waals surface area contributed by atoms with Crippen LogP contribution in [0.3, 0.4) is 0 Å². The van der Waals surface area contributed by atoms with Crippen LogP contribution in [0.25, 0.3) is 0 Å². The molecule has 2 rings (SSSR count). The Morgan fingerprint density at radius 1 is 1.11 bits per heavy atom. The zero-order chi connectivity index (χ0) is 13.1. The summed E-state index contributed by atoms with van der Waals surface area (Å²) in [6.07, 6.45) is 3.87. The van der Waals surface area contributed by atoms with E-state index in [2.05, 4.69) is 23.6 Å². The van der Waals surface area contributed by atoms with Crippen LogP contribution in [0.15, 0.2) is 0 Å². The number of nitrogens with zero attached hydrogens (tertiary/aromatic N) is 2. The summed E-state index contributed by atoms with van der Waals surface area (Å²) in [6, 6.07) is 1.38. The quantitative estimate of drug-likeness (QED) is 0.814. The molecule has 0 aromatic rings. The Morgan fingerprint density at radius 3 is 2.33 bits per heavy atom. The minimum Gasteiger partial charge on any atom is -0.380 e. The van der Waals surface area contributed by atoms with Crippen LogP contribution >= 0.6 is 0 Å². The summed E-state index contributed by atoms with van der Waals surface area (Å²) in [7, 11) is 1.80. The Kier molecular flexibility index (Phi) is 5.01. The topological polar surface area (TPSA) is 41.7 Å². The zero-order valence-electron chi connectivity index (χ0n) is 12.1. The monoisotopic (exact) mass is 255 g/mol. The second-order valence-electron chi connectivity index (χ2n) is 6.02. The van der Waals surface area contributed by atoms with Gasteiger partial charge in [-0.25, -0.2) is 0 Å². The third kappa shape index (κ3) is 3.05. The Labute approximate surface area is 111 Å². The molecule has 0 spiro atoms. The smallest absolute Gasteiger partial charge is 0.0737 e. The molecule has 106 valence electrons. The van der Waals surface area contributed by atoms with Crippen molar-refractivity contribution in [1.82, 2.24) is 9.80 Å². The van der Waals surface area contributed by atoms with Gasteiger partial charge in [0.15, 0.2) is 0 Å². The van der Waals surface area contributed by atoms with E-state index in [-0.39, 0.29) is 12.1 Å². The second kappa shape index (κ2) is 6.33. The predicted octanol–water partition coefficient (Wildman–Crippen LogP) is 0.907. The van der Waals surface area contributed by atoms with Crippen molar-refractivity contribution in [3.05, 3.63) is 0 Å². The van der Waals surface area contributed by atoms with Gasteiger partial charge in [0.25, 0.3) is 0 Å². The normalized spacial score (nSPS) is 36.2. The van der Waals surface area contributed by atoms with Crippen molar-refractivity contribution in [3.63, 3.8) is 0 Å². The van der Waals surface area contributed by atoms with Gasteiger partial charge in [-0.15, -0.1) is 0 Å². The molecule has 0 radical (unpaired) electrons. The third-order valence-corrected chi connectivity index (χ3v) is 4.71. The van der Waals surface area contributed by atoms with Gasteiger partial charge in [-0.3, -0.25) is 9.80 Å². The number of methoxy groups -OCH3 is 1. The molecule has 0 bridgehead atoms. The number of rotatable bonds is 3. The van der Waals surface area contributed by atoms with E-state index in [9.17, 15) is 0 Å². The molecule has 2 aliphatic rings. The van der Waals surface area contributed by atoms with Gasteiger partial charge < -0.3 is 10.5 Å². The minimum atomic E-state index is 0.189. The molecule has 3 atom stereocenters. The van der Waals surface area contributed by atoms with E-state index in [1.807, 2.05) is 0 Å². The first-order valence-electron chi connectivity index (χ1n) is 7.40. The molecule has 0 aromatic carbocycles. The van der Waals surface area contributed by atoms with Gasteiger partial charge in [0.2, 0.25) is 0 Å². The third-order valence-electron chi connectivity index (χ3n) is 4.71. The van der Waals surface area contributed by atoms with Crippen LogP contribution in [-0.4, -0.2) is 67.3 Å². The van der Waals surface area contributed by atoms with Crippen molar-refractivity contribution in [1.29, 1.82) is 0 Å². The highest BCUT2D eigenvalue weighted by Crippen LogP contribution is 2.25. The molecular formula is C14H29N3O. The fourth-order valence-electron chi connectivity index (χ4n) is 3.45. The molecule has 1 saturated heterocycles. The first kappa shape index (κ1) is 14.3. The molecule has 4 heteroatoms. The van der Waals surface area contributed by atoms with Gasteiger partial charge in [-0.1, -0.05) is 0 Å². The molecule has 1 unspecified atom stereocenters. The number of hydrogen-bond acceptors (Lipinski definition) is 4. The van der Waals surface area contributed by atoms with Crippen LogP contribution in [0.4, 0.5) is 0 Å². The van der Waals surface area contributed by atoms with E-state index in [1.54, 1.807) is 7.11 Å². The molecular weight excluding hydrogens is 226 g/mol. The van der Waals surface area contributed by atoms with Crippen molar-refractivity contribution in [2.45, 2.75) is 57.3 Å². The summed E-state index contributed by atoms with van der Waals surface area (Å²) in [5, 5.41) is 0. The number of nitrogens with two attached hydrogens (primary N) is 1. The van der Waals surface area contributed by atoms with Gasteiger partial charge in [-0.05, 0) is 33.1 Å². The lowest BCUT2D eigenvalue weighted by Crippen LogP contribution is -2.60. The summed E-state index contributed by atoms with van der Waals surface area (Å²) < 4.78 is 5.52. The van der Waals surface area contributed by atoms with Crippen LogP contribution in [0.1, 0.15) is 33.1 Å². The van der Waals surface area contributed by atoms with Crippen molar-refractivity contribution in [3.8, 4) is 0 Å². The lowest BCUT2D eigenvalue weighted by Gasteiger charge is -2.46. The average molecular weight is 255 g/mol. The van der Waals surface area contributed by atoms with Crippen molar-refractivity contribution >= 4 is 0 Å². The fourth-order valence-corrected chi connectivity index (χ4v) is 3.45. The van der Waals surface area contributed by atoms with E-state index in [0.717, 1.165) is 19.5 Å². The highest BCUT2D eigenvalue weighted by Gasteiger charge is 2.35. The SMILES string of the molecule is CO[C@H]1CCCC(N2CCN(C(C)C)CC2)[C@H]1N. The van der Waals surface area contributed by atoms with Crippen LogP contribution in [0.2, 0.25) is 0 Å². The van der Waals surface area contributed by atoms with Gasteiger partial charge in [0.05, 0.1) is 6.10 Å². The molecule has 2 N–H and O–H groups in total. The maximum absolute atomic E-state index is 6.38. The standard InChI is InChI=1S/C14H29N3O/c1-11(2)16-7-9-17(10-8-16)12-5-4-6-13(18-3)14(12)15/h11-14H,4-10,15H2,1-3H3/t12?,13-,14+/m0/s1. The van der Waals surface area contributed by atoms with Crippen molar-refractivity contribution < 1.29 is 4.74 Å². The zero-order valence-corrected chi connectivity index (χ0v) is 12.1.